The molecule has 0 radical (unpaired) electrons. The molecule has 0 aromatic heterocycles. The molecule has 0 bridgehead atoms. The molecule has 1 aliphatic carbocycles. The fourth-order valence-electron chi connectivity index (χ4n) is 4.61. The van der Waals surface area contributed by atoms with Crippen LogP contribution in [0.5, 0.6) is 11.5 Å². The second-order valence-electron chi connectivity index (χ2n) is 9.85. The maximum Gasteiger partial charge on any atom is 0.524 e. The highest BCUT2D eigenvalue weighted by atomic mass is 31.2. The van der Waals surface area contributed by atoms with Gasteiger partial charge in [-0.05, 0) is 61.1 Å². The maximum absolute atomic E-state index is 13.1. The van der Waals surface area contributed by atoms with E-state index in [2.05, 4.69) is 15.2 Å². The Bertz CT molecular complexity index is 1210. The summed E-state index contributed by atoms with van der Waals surface area (Å²) in [5.41, 5.74) is 7.13. The SMILES string of the molecule is CC(=O)N[C@@H](Cc1ccc(OP(=O)(O)O)cc1)C(=O)N[C@H](C)c1ccc(OCC2CCCCC2)c(C(N)=O)c1. The van der Waals surface area contributed by atoms with Gasteiger partial charge in [-0.2, -0.15) is 0 Å². The van der Waals surface area contributed by atoms with Gasteiger partial charge in [0, 0.05) is 13.3 Å². The Morgan fingerprint density at radius 1 is 1.05 bits per heavy atom. The average Bonchev–Trinajstić information content (AvgIpc) is 2.87. The molecule has 0 unspecified atom stereocenters. The Kier molecular flexibility index (Phi) is 10.5. The molecular weight excluding hydrogens is 525 g/mol. The van der Waals surface area contributed by atoms with E-state index >= 15 is 0 Å². The van der Waals surface area contributed by atoms with Crippen LogP contribution >= 0.6 is 7.82 Å². The molecule has 3 rings (SSSR count). The van der Waals surface area contributed by atoms with Gasteiger partial charge in [-0.3, -0.25) is 24.2 Å². The van der Waals surface area contributed by atoms with Crippen LogP contribution in [0.3, 0.4) is 0 Å². The highest BCUT2D eigenvalue weighted by Crippen LogP contribution is 2.37. The Morgan fingerprint density at radius 2 is 1.72 bits per heavy atom. The Hall–Kier alpha value is -3.40. The van der Waals surface area contributed by atoms with Crippen molar-refractivity contribution in [2.75, 3.05) is 6.61 Å². The van der Waals surface area contributed by atoms with Gasteiger partial charge < -0.3 is 25.6 Å². The minimum absolute atomic E-state index is 0.0299. The van der Waals surface area contributed by atoms with Crippen molar-refractivity contribution in [2.24, 2.45) is 11.7 Å². The van der Waals surface area contributed by atoms with Gasteiger partial charge in [0.15, 0.2) is 0 Å². The predicted molar refractivity (Wildman–Crippen MR) is 144 cm³/mol. The minimum atomic E-state index is -4.69. The minimum Gasteiger partial charge on any atom is -0.492 e. The van der Waals surface area contributed by atoms with Gasteiger partial charge in [-0.25, -0.2) is 4.57 Å². The molecule has 12 heteroatoms. The number of hydrogen-bond acceptors (Lipinski definition) is 6. The summed E-state index contributed by atoms with van der Waals surface area (Å²) < 4.78 is 21.5. The average molecular weight is 562 g/mol. The van der Waals surface area contributed by atoms with E-state index in [1.165, 1.54) is 38.3 Å². The molecule has 0 aliphatic heterocycles. The van der Waals surface area contributed by atoms with E-state index in [1.807, 2.05) is 0 Å². The molecule has 1 saturated carbocycles. The maximum atomic E-state index is 13.1. The number of amides is 3. The first-order chi connectivity index (χ1) is 18.4. The Morgan fingerprint density at radius 3 is 2.31 bits per heavy atom. The van der Waals surface area contributed by atoms with Crippen LogP contribution in [0.1, 0.15) is 73.5 Å². The van der Waals surface area contributed by atoms with Crippen LogP contribution in [0.2, 0.25) is 0 Å². The lowest BCUT2D eigenvalue weighted by molar-refractivity contribution is -0.128. The van der Waals surface area contributed by atoms with E-state index < -0.39 is 37.6 Å². The molecule has 0 heterocycles. The number of ether oxygens (including phenoxy) is 1. The van der Waals surface area contributed by atoms with Crippen molar-refractivity contribution < 1.29 is 38.0 Å². The summed E-state index contributed by atoms with van der Waals surface area (Å²) in [4.78, 5) is 54.9. The lowest BCUT2D eigenvalue weighted by Crippen LogP contribution is -2.48. The molecule has 1 aliphatic rings. The number of nitrogens with one attached hydrogen (secondary N) is 2. The van der Waals surface area contributed by atoms with Crippen LogP contribution in [0, 0.1) is 5.92 Å². The van der Waals surface area contributed by atoms with Crippen LogP contribution in [-0.4, -0.2) is 40.2 Å². The second-order valence-corrected chi connectivity index (χ2v) is 11.0. The molecule has 212 valence electrons. The van der Waals surface area contributed by atoms with Gasteiger partial charge in [0.1, 0.15) is 17.5 Å². The van der Waals surface area contributed by atoms with Crippen LogP contribution in [0.15, 0.2) is 42.5 Å². The first kappa shape index (κ1) is 30.1. The summed E-state index contributed by atoms with van der Waals surface area (Å²) in [6.45, 7) is 3.57. The number of phosphoric ester groups is 1. The van der Waals surface area contributed by atoms with Gasteiger partial charge in [-0.1, -0.05) is 37.5 Å². The van der Waals surface area contributed by atoms with Crippen molar-refractivity contribution in [3.05, 3.63) is 59.2 Å². The highest BCUT2D eigenvalue weighted by Gasteiger charge is 2.24. The van der Waals surface area contributed by atoms with Crippen molar-refractivity contribution >= 4 is 25.5 Å². The number of carbonyl (C=O) groups excluding carboxylic acids is 3. The van der Waals surface area contributed by atoms with Crippen molar-refractivity contribution in [1.29, 1.82) is 0 Å². The van der Waals surface area contributed by atoms with E-state index in [0.29, 0.717) is 29.4 Å². The van der Waals surface area contributed by atoms with E-state index in [9.17, 15) is 18.9 Å². The third-order valence-electron chi connectivity index (χ3n) is 6.61. The molecule has 6 N–H and O–H groups in total. The zero-order valence-corrected chi connectivity index (χ0v) is 23.0. The molecule has 2 atom stereocenters. The van der Waals surface area contributed by atoms with Gasteiger partial charge >= 0.3 is 7.82 Å². The van der Waals surface area contributed by atoms with Crippen LogP contribution in [-0.2, 0) is 20.6 Å². The van der Waals surface area contributed by atoms with E-state index in [4.69, 9.17) is 20.3 Å². The second kappa shape index (κ2) is 13.6. The number of benzene rings is 2. The quantitative estimate of drug-likeness (QED) is 0.245. The van der Waals surface area contributed by atoms with Crippen molar-refractivity contribution in [1.82, 2.24) is 10.6 Å². The summed E-state index contributed by atoms with van der Waals surface area (Å²) >= 11 is 0. The number of primary amides is 1. The molecule has 2 aromatic rings. The Balaban J connectivity index is 1.68. The summed E-state index contributed by atoms with van der Waals surface area (Å²) in [5, 5.41) is 5.48. The molecule has 3 amide bonds. The summed E-state index contributed by atoms with van der Waals surface area (Å²) in [6, 6.07) is 9.44. The highest BCUT2D eigenvalue weighted by molar-refractivity contribution is 7.46. The molecule has 39 heavy (non-hydrogen) atoms. The number of phosphoric acid groups is 1. The third-order valence-corrected chi connectivity index (χ3v) is 7.06. The van der Waals surface area contributed by atoms with Gasteiger partial charge in [0.05, 0.1) is 18.2 Å². The lowest BCUT2D eigenvalue weighted by Gasteiger charge is -2.23. The predicted octanol–water partition coefficient (Wildman–Crippen LogP) is 3.14. The first-order valence-corrected chi connectivity index (χ1v) is 14.4. The van der Waals surface area contributed by atoms with E-state index in [-0.39, 0.29) is 17.7 Å². The smallest absolute Gasteiger partial charge is 0.492 e. The molecule has 1 fully saturated rings. The lowest BCUT2D eigenvalue weighted by atomic mass is 9.90. The summed E-state index contributed by atoms with van der Waals surface area (Å²) in [5.74, 6) is -0.643. The van der Waals surface area contributed by atoms with Gasteiger partial charge in [0.25, 0.3) is 5.91 Å². The van der Waals surface area contributed by atoms with Crippen molar-refractivity contribution in [3.8, 4) is 11.5 Å². The zero-order chi connectivity index (χ0) is 28.6. The Labute approximate surface area is 227 Å². The molecule has 11 nitrogen and oxygen atoms in total. The largest absolute Gasteiger partial charge is 0.524 e. The topological polar surface area (TPSA) is 177 Å². The fraction of sp³-hybridized carbons (Fsp3) is 0.444. The third kappa shape index (κ3) is 9.69. The summed E-state index contributed by atoms with van der Waals surface area (Å²) in [7, 11) is -4.69. The molecular formula is C27H36N3O8P. The van der Waals surface area contributed by atoms with Crippen LogP contribution in [0.25, 0.3) is 0 Å². The molecule has 0 spiro atoms. The van der Waals surface area contributed by atoms with E-state index in [0.717, 1.165) is 12.8 Å². The summed E-state index contributed by atoms with van der Waals surface area (Å²) in [6.07, 6.45) is 5.94. The number of hydrogen-bond donors (Lipinski definition) is 5. The fourth-order valence-corrected chi connectivity index (χ4v) is 5.00. The van der Waals surface area contributed by atoms with Gasteiger partial charge in [-0.15, -0.1) is 0 Å². The number of rotatable bonds is 12. The normalized spacial score (nSPS) is 15.6. The standard InChI is InChI=1S/C27H36N3O8P/c1-17(21-10-13-25(23(15-21)26(28)32)37-16-20-6-4-3-5-7-20)29-27(33)24(30-18(2)31)14-19-8-11-22(12-9-19)38-39(34,35)36/h8-13,15,17,20,24H,3-7,14,16H2,1-2H3,(H2,28,32)(H,29,33)(H,30,31)(H2,34,35,36)/t17-,24+/m1/s1. The molecule has 0 saturated heterocycles. The van der Waals surface area contributed by atoms with Gasteiger partial charge in [0.2, 0.25) is 11.8 Å². The number of carbonyl (C=O) groups is 3. The number of nitrogens with two attached hydrogens (primary N) is 1. The van der Waals surface area contributed by atoms with Crippen molar-refractivity contribution in [2.45, 2.75) is 64.5 Å². The zero-order valence-electron chi connectivity index (χ0n) is 22.1. The van der Waals surface area contributed by atoms with E-state index in [1.54, 1.807) is 37.3 Å². The van der Waals surface area contributed by atoms with Crippen molar-refractivity contribution in [3.63, 3.8) is 0 Å². The van der Waals surface area contributed by atoms with Crippen LogP contribution < -0.4 is 25.6 Å². The van der Waals surface area contributed by atoms with Crippen LogP contribution in [0.4, 0.5) is 0 Å². The molecule has 2 aromatic carbocycles. The monoisotopic (exact) mass is 561 g/mol. The first-order valence-electron chi connectivity index (χ1n) is 12.9.